The Hall–Kier alpha value is -3.45. The summed E-state index contributed by atoms with van der Waals surface area (Å²) in [5, 5.41) is 11.8. The third-order valence-electron chi connectivity index (χ3n) is 5.14. The molecule has 5 atom stereocenters. The van der Waals surface area contributed by atoms with Crippen molar-refractivity contribution in [1.29, 1.82) is 0 Å². The van der Waals surface area contributed by atoms with Crippen LogP contribution in [0.4, 0.5) is 0 Å². The van der Waals surface area contributed by atoms with E-state index in [-0.39, 0.29) is 11.5 Å². The number of ether oxygens (including phenoxy) is 7. The molecular weight excluding hydrogens is 472 g/mol. The molecule has 0 bridgehead atoms. The van der Waals surface area contributed by atoms with Crippen LogP contribution in [0.5, 0.6) is 0 Å². The van der Waals surface area contributed by atoms with Crippen molar-refractivity contribution in [1.82, 2.24) is 0 Å². The second-order valence-electron chi connectivity index (χ2n) is 7.71. The lowest BCUT2D eigenvalue weighted by Gasteiger charge is -2.49. The zero-order chi connectivity index (χ0) is 26.5. The van der Waals surface area contributed by atoms with E-state index in [1.54, 1.807) is 0 Å². The molecule has 0 amide bonds. The summed E-state index contributed by atoms with van der Waals surface area (Å²) in [6, 6.07) is 0. The standard InChI is InChI=1S/C22H28O13/c1-10(23)31-9-15-18(32-11(2)24)19(33-12(3)25)20(34-13(4)26)21(35-15)22(28)16(29-5)7-14(27)8-17(22)30-6/h7-8,15,18-21,28H,9H2,1-6H3/t15?,18-,19?,20?,21-/m1/s1. The van der Waals surface area contributed by atoms with Crippen molar-refractivity contribution < 1.29 is 62.2 Å². The smallest absolute Gasteiger partial charge is 0.303 e. The molecule has 1 N–H and O–H groups in total. The average molecular weight is 500 g/mol. The van der Waals surface area contributed by atoms with Crippen LogP contribution in [0, 0.1) is 0 Å². The fraction of sp³-hybridized carbons (Fsp3) is 0.591. The fourth-order valence-electron chi connectivity index (χ4n) is 3.92. The number of methoxy groups -OCH3 is 2. The van der Waals surface area contributed by atoms with E-state index in [1.165, 1.54) is 14.2 Å². The van der Waals surface area contributed by atoms with Crippen LogP contribution in [0.1, 0.15) is 27.7 Å². The summed E-state index contributed by atoms with van der Waals surface area (Å²) in [7, 11) is 2.35. The van der Waals surface area contributed by atoms with Gasteiger partial charge >= 0.3 is 23.9 Å². The molecule has 0 aromatic heterocycles. The van der Waals surface area contributed by atoms with Gasteiger partial charge in [0.05, 0.1) is 14.2 Å². The number of esters is 4. The zero-order valence-corrected chi connectivity index (χ0v) is 20.1. The van der Waals surface area contributed by atoms with Crippen LogP contribution in [0.3, 0.4) is 0 Å². The Bertz CT molecular complexity index is 910. The minimum atomic E-state index is -2.38. The van der Waals surface area contributed by atoms with Gasteiger partial charge in [0, 0.05) is 39.8 Å². The Balaban J connectivity index is 2.73. The van der Waals surface area contributed by atoms with Gasteiger partial charge in [-0.1, -0.05) is 0 Å². The highest BCUT2D eigenvalue weighted by Crippen LogP contribution is 2.42. The molecule has 2 rings (SSSR count). The Morgan fingerprint density at radius 2 is 1.29 bits per heavy atom. The molecule has 0 aromatic carbocycles. The molecule has 1 saturated heterocycles. The van der Waals surface area contributed by atoms with Gasteiger partial charge in [-0.2, -0.15) is 0 Å². The van der Waals surface area contributed by atoms with E-state index in [2.05, 4.69) is 0 Å². The lowest BCUT2D eigenvalue weighted by molar-refractivity contribution is -0.278. The van der Waals surface area contributed by atoms with Gasteiger partial charge in [0.25, 0.3) is 0 Å². The minimum absolute atomic E-state index is 0.331. The van der Waals surface area contributed by atoms with Crippen LogP contribution < -0.4 is 0 Å². The van der Waals surface area contributed by atoms with E-state index in [1.807, 2.05) is 0 Å². The van der Waals surface area contributed by atoms with Gasteiger partial charge < -0.3 is 38.3 Å². The topological polar surface area (TPSA) is 170 Å². The maximum absolute atomic E-state index is 12.1. The van der Waals surface area contributed by atoms with Crippen molar-refractivity contribution in [3.8, 4) is 0 Å². The molecule has 1 heterocycles. The van der Waals surface area contributed by atoms with Crippen LogP contribution in [0.15, 0.2) is 23.7 Å². The molecule has 1 fully saturated rings. The molecule has 1 aliphatic carbocycles. The van der Waals surface area contributed by atoms with Gasteiger partial charge in [0.2, 0.25) is 5.60 Å². The summed E-state index contributed by atoms with van der Waals surface area (Å²) >= 11 is 0. The molecule has 0 saturated carbocycles. The SMILES string of the molecule is COC1=CC(=O)C=C(OC)C1(O)[C@@H]1OC(COC(C)=O)[C@@H](OC(C)=O)C(OC(C)=O)C1OC(C)=O. The molecule has 194 valence electrons. The lowest BCUT2D eigenvalue weighted by atomic mass is 9.79. The number of allylic oxidation sites excluding steroid dienone is 2. The summed E-state index contributed by atoms with van der Waals surface area (Å²) < 4.78 is 37.5. The molecule has 35 heavy (non-hydrogen) atoms. The Morgan fingerprint density at radius 1 is 0.829 bits per heavy atom. The first-order chi connectivity index (χ1) is 16.3. The number of hydrogen-bond donors (Lipinski definition) is 1. The molecular formula is C22H28O13. The van der Waals surface area contributed by atoms with Crippen LogP contribution in [0.2, 0.25) is 0 Å². The predicted octanol–water partition coefficient (Wildman–Crippen LogP) is -0.514. The third-order valence-corrected chi connectivity index (χ3v) is 5.14. The Kier molecular flexibility index (Phi) is 8.99. The summed E-state index contributed by atoms with van der Waals surface area (Å²) in [5.41, 5.74) is -2.38. The molecule has 1 aliphatic heterocycles. The molecule has 13 nitrogen and oxygen atoms in total. The van der Waals surface area contributed by atoms with Gasteiger partial charge in [0.15, 0.2) is 24.1 Å². The Morgan fingerprint density at radius 3 is 1.71 bits per heavy atom. The lowest BCUT2D eigenvalue weighted by Crippen LogP contribution is -2.69. The van der Waals surface area contributed by atoms with Crippen LogP contribution in [-0.4, -0.2) is 91.7 Å². The second kappa shape index (κ2) is 11.3. The van der Waals surface area contributed by atoms with E-state index in [0.29, 0.717) is 0 Å². The summed E-state index contributed by atoms with van der Waals surface area (Å²) in [4.78, 5) is 59.5. The van der Waals surface area contributed by atoms with Crippen molar-refractivity contribution in [2.24, 2.45) is 0 Å². The quantitative estimate of drug-likeness (QED) is 0.334. The molecule has 13 heteroatoms. The van der Waals surface area contributed by atoms with Gasteiger partial charge in [-0.25, -0.2) is 0 Å². The van der Waals surface area contributed by atoms with Gasteiger partial charge in [-0.05, 0) is 0 Å². The van der Waals surface area contributed by atoms with Crippen molar-refractivity contribution in [2.75, 3.05) is 20.8 Å². The number of ketones is 1. The zero-order valence-electron chi connectivity index (χ0n) is 20.1. The van der Waals surface area contributed by atoms with Gasteiger partial charge in [0.1, 0.15) is 30.3 Å². The Labute approximate surface area is 200 Å². The predicted molar refractivity (Wildman–Crippen MR) is 112 cm³/mol. The first kappa shape index (κ1) is 27.8. The van der Waals surface area contributed by atoms with E-state index in [0.717, 1.165) is 39.8 Å². The van der Waals surface area contributed by atoms with Crippen molar-refractivity contribution in [2.45, 2.75) is 63.8 Å². The molecule has 3 unspecified atom stereocenters. The minimum Gasteiger partial charge on any atom is -0.497 e. The molecule has 0 spiro atoms. The number of aliphatic hydroxyl groups is 1. The number of carbonyl (C=O) groups is 5. The average Bonchev–Trinajstić information content (AvgIpc) is 2.75. The van der Waals surface area contributed by atoms with Crippen molar-refractivity contribution in [3.63, 3.8) is 0 Å². The van der Waals surface area contributed by atoms with Crippen LogP contribution in [0.25, 0.3) is 0 Å². The van der Waals surface area contributed by atoms with E-state index >= 15 is 0 Å². The largest absolute Gasteiger partial charge is 0.497 e. The number of hydrogen-bond acceptors (Lipinski definition) is 13. The molecule has 0 radical (unpaired) electrons. The summed E-state index contributed by atoms with van der Waals surface area (Å²) in [6.07, 6.45) is -5.60. The van der Waals surface area contributed by atoms with Crippen molar-refractivity contribution >= 4 is 29.7 Å². The molecule has 0 aromatic rings. The monoisotopic (exact) mass is 500 g/mol. The van der Waals surface area contributed by atoms with Crippen molar-refractivity contribution in [3.05, 3.63) is 23.7 Å². The highest BCUT2D eigenvalue weighted by molar-refractivity contribution is 6.01. The fourth-order valence-corrected chi connectivity index (χ4v) is 3.92. The third kappa shape index (κ3) is 6.17. The summed E-state index contributed by atoms with van der Waals surface area (Å²) in [6.45, 7) is 3.84. The van der Waals surface area contributed by atoms with E-state index in [9.17, 15) is 29.1 Å². The maximum atomic E-state index is 12.1. The normalized spacial score (nSPS) is 27.5. The first-order valence-corrected chi connectivity index (χ1v) is 10.4. The highest BCUT2D eigenvalue weighted by Gasteiger charge is 2.62. The van der Waals surface area contributed by atoms with Crippen LogP contribution in [-0.2, 0) is 57.1 Å². The second-order valence-corrected chi connectivity index (χ2v) is 7.71. The van der Waals surface area contributed by atoms with Crippen LogP contribution >= 0.6 is 0 Å². The molecule has 2 aliphatic rings. The first-order valence-electron chi connectivity index (χ1n) is 10.4. The van der Waals surface area contributed by atoms with Gasteiger partial charge in [-0.15, -0.1) is 0 Å². The number of carbonyl (C=O) groups excluding carboxylic acids is 5. The van der Waals surface area contributed by atoms with Gasteiger partial charge in [-0.3, -0.25) is 24.0 Å². The van der Waals surface area contributed by atoms with E-state index < -0.39 is 72.4 Å². The maximum Gasteiger partial charge on any atom is 0.303 e. The highest BCUT2D eigenvalue weighted by atomic mass is 16.7. The summed E-state index contributed by atoms with van der Waals surface area (Å²) in [5.74, 6) is -4.44. The number of rotatable bonds is 8. The van der Waals surface area contributed by atoms with E-state index in [4.69, 9.17) is 33.2 Å².